The topological polar surface area (TPSA) is 32.8 Å². The molecule has 86 heavy (non-hydrogen) atoms. The third-order valence-corrected chi connectivity index (χ3v) is 18.5. The summed E-state index contributed by atoms with van der Waals surface area (Å²) in [6, 6.07) is 63.7. The molecule has 0 aliphatic carbocycles. The molecule has 0 saturated heterocycles. The molecule has 0 bridgehead atoms. The summed E-state index contributed by atoms with van der Waals surface area (Å²) in [5.74, 6) is 0.269. The standard InChI is InChI=1S/C82H80N2O2/c1-47(2)61-45-69(83(67-27-21-25-57-53-23-17-19-29-71(53)85-77(57)67)75-63-43-51(79(5,6)7)35-31-49(63)33-41-65(75)81(11,12)13)59-40-38-56-62(48(3)4)46-70(60-39-37-55(61)73(59)74(56)60)84(68-28-22-26-58-54-24-18-20-30-72(54)86-78(58)68)76-64-44-52(80(8,9)10)36-32-50(64)34-42-66(76)82(14,15)16/h17-48H,1-16H3/i29D,30D. The van der Waals surface area contributed by atoms with Crippen molar-refractivity contribution in [3.05, 3.63) is 215 Å². The predicted molar refractivity (Wildman–Crippen MR) is 372 cm³/mol. The van der Waals surface area contributed by atoms with Gasteiger partial charge in [-0.3, -0.25) is 0 Å². The average Bonchev–Trinajstić information content (AvgIpc) is 0.788. The van der Waals surface area contributed by atoms with Crippen molar-refractivity contribution in [1.29, 1.82) is 0 Å². The van der Waals surface area contributed by atoms with Gasteiger partial charge in [0.05, 0.1) is 36.9 Å². The Morgan fingerprint density at radius 3 is 1.08 bits per heavy atom. The quantitative estimate of drug-likeness (QED) is 0.142. The zero-order valence-electron chi connectivity index (χ0n) is 55.0. The Labute approximate surface area is 510 Å². The van der Waals surface area contributed by atoms with E-state index in [0.717, 1.165) is 88.4 Å². The SMILES string of the molecule is [2H]c1cccc2c1oc1c(N(c3c(C(C)(C)C)ccc4ccc(C(C)(C)C)cc34)c3cc(C(C)C)c4ccc5c(N(c6c(C(C)(C)C)ccc7ccc(C(C)(C)C)cc67)c6cccc7c6oc6c([2H])cccc67)cc(C(C)C)c6ccc3c4c65)cccc12. The second kappa shape index (κ2) is 19.5. The molecule has 0 atom stereocenters. The van der Waals surface area contributed by atoms with Crippen LogP contribution in [0.25, 0.3) is 97.7 Å². The minimum absolute atomic E-state index is 0.121. The first-order valence-corrected chi connectivity index (χ1v) is 31.0. The highest BCUT2D eigenvalue weighted by Crippen LogP contribution is 2.57. The summed E-state index contributed by atoms with van der Waals surface area (Å²) in [5, 5.41) is 15.6. The molecule has 2 heterocycles. The molecule has 4 heteroatoms. The van der Waals surface area contributed by atoms with Crippen molar-refractivity contribution in [3.8, 4) is 0 Å². The third kappa shape index (κ3) is 8.67. The zero-order valence-corrected chi connectivity index (χ0v) is 53.0. The summed E-state index contributed by atoms with van der Waals surface area (Å²) in [7, 11) is 0. The van der Waals surface area contributed by atoms with E-state index in [2.05, 4.69) is 266 Å². The van der Waals surface area contributed by atoms with E-state index in [0.29, 0.717) is 23.3 Å². The van der Waals surface area contributed by atoms with Crippen LogP contribution in [-0.2, 0) is 21.7 Å². The van der Waals surface area contributed by atoms with Gasteiger partial charge < -0.3 is 18.6 Å². The fourth-order valence-electron chi connectivity index (χ4n) is 14.0. The summed E-state index contributed by atoms with van der Waals surface area (Å²) < 4.78 is 32.6. The van der Waals surface area contributed by atoms with Gasteiger partial charge in [0.2, 0.25) is 0 Å². The van der Waals surface area contributed by atoms with Crippen LogP contribution in [0.1, 0.15) is 159 Å². The Hall–Kier alpha value is -8.60. The molecular formula is C82H80N2O2. The first-order valence-electron chi connectivity index (χ1n) is 32.0. The highest BCUT2D eigenvalue weighted by molar-refractivity contribution is 6.31. The van der Waals surface area contributed by atoms with Gasteiger partial charge in [0.1, 0.15) is 11.2 Å². The van der Waals surface area contributed by atoms with Crippen LogP contribution in [0.5, 0.6) is 0 Å². The Morgan fingerprint density at radius 1 is 0.337 bits per heavy atom. The lowest BCUT2D eigenvalue weighted by molar-refractivity contribution is 0.589. The molecule has 0 unspecified atom stereocenters. The highest BCUT2D eigenvalue weighted by atomic mass is 16.3. The molecule has 14 rings (SSSR count). The first kappa shape index (κ1) is 52.9. The van der Waals surface area contributed by atoms with E-state index in [1.54, 1.807) is 0 Å². The average molecular weight is 1130 g/mol. The van der Waals surface area contributed by atoms with Gasteiger partial charge in [-0.25, -0.2) is 0 Å². The molecule has 0 aliphatic rings. The first-order chi connectivity index (χ1) is 41.7. The summed E-state index contributed by atoms with van der Waals surface area (Å²) in [6.07, 6.45) is 0. The molecule has 4 nitrogen and oxygen atoms in total. The van der Waals surface area contributed by atoms with Crippen LogP contribution in [0.2, 0.25) is 0 Å². The minimum atomic E-state index is -0.295. The van der Waals surface area contributed by atoms with Crippen LogP contribution >= 0.6 is 0 Å². The third-order valence-electron chi connectivity index (χ3n) is 18.5. The van der Waals surface area contributed by atoms with Crippen molar-refractivity contribution >= 4 is 132 Å². The van der Waals surface area contributed by atoms with Gasteiger partial charge in [-0.1, -0.05) is 244 Å². The number of benzene rings is 12. The van der Waals surface area contributed by atoms with E-state index in [4.69, 9.17) is 8.83 Å². The number of fused-ring (bicyclic) bond motifs is 8. The van der Waals surface area contributed by atoms with Gasteiger partial charge in [0, 0.05) is 43.1 Å². The molecule has 12 aromatic carbocycles. The Bertz CT molecular complexity index is 4850. The Balaban J connectivity index is 1.19. The molecule has 0 radical (unpaired) electrons. The van der Waals surface area contributed by atoms with E-state index >= 15 is 0 Å². The highest BCUT2D eigenvalue weighted by Gasteiger charge is 2.35. The largest absolute Gasteiger partial charge is 0.454 e. The van der Waals surface area contributed by atoms with Crippen LogP contribution in [-0.4, -0.2) is 0 Å². The van der Waals surface area contributed by atoms with Gasteiger partial charge in [0.15, 0.2) is 11.2 Å². The summed E-state index contributed by atoms with van der Waals surface area (Å²) in [6.45, 7) is 37.2. The Kier molecular flexibility index (Phi) is 12.0. The van der Waals surface area contributed by atoms with Gasteiger partial charge in [-0.15, -0.1) is 0 Å². The second-order valence-electron chi connectivity index (χ2n) is 29.2. The van der Waals surface area contributed by atoms with Crippen LogP contribution in [0.15, 0.2) is 191 Å². The smallest absolute Gasteiger partial charge is 0.159 e. The second-order valence-corrected chi connectivity index (χ2v) is 29.2. The van der Waals surface area contributed by atoms with Crippen LogP contribution in [0, 0.1) is 0 Å². The van der Waals surface area contributed by atoms with Crippen molar-refractivity contribution in [2.45, 2.75) is 144 Å². The van der Waals surface area contributed by atoms with E-state index in [9.17, 15) is 2.74 Å². The number of hydrogen-bond donors (Lipinski definition) is 0. The lowest BCUT2D eigenvalue weighted by atomic mass is 9.80. The maximum Gasteiger partial charge on any atom is 0.159 e. The predicted octanol–water partition coefficient (Wildman–Crippen LogP) is 25.1. The summed E-state index contributed by atoms with van der Waals surface area (Å²) in [4.78, 5) is 5.11. The van der Waals surface area contributed by atoms with Crippen molar-refractivity contribution in [3.63, 3.8) is 0 Å². The molecule has 0 amide bonds. The number of para-hydroxylation sites is 4. The van der Waals surface area contributed by atoms with Gasteiger partial charge in [-0.05, 0) is 148 Å². The van der Waals surface area contributed by atoms with Crippen molar-refractivity contribution in [1.82, 2.24) is 0 Å². The molecular weight excluding hydrogens is 1040 g/mol. The van der Waals surface area contributed by atoms with Crippen LogP contribution in [0.4, 0.5) is 34.1 Å². The molecule has 2 aromatic heterocycles. The monoisotopic (exact) mass is 1130 g/mol. The molecule has 0 N–H and O–H groups in total. The molecule has 430 valence electrons. The van der Waals surface area contributed by atoms with Crippen molar-refractivity contribution in [2.75, 3.05) is 9.80 Å². The number of anilines is 6. The number of hydrogen-bond acceptors (Lipinski definition) is 4. The van der Waals surface area contributed by atoms with E-state index in [-0.39, 0.29) is 33.5 Å². The van der Waals surface area contributed by atoms with E-state index in [1.807, 2.05) is 24.3 Å². The fraction of sp³-hybridized carbons (Fsp3) is 0.268. The van der Waals surface area contributed by atoms with Crippen molar-refractivity contribution < 1.29 is 11.6 Å². The maximum atomic E-state index is 9.18. The normalized spacial score (nSPS) is 13.4. The number of rotatable bonds is 8. The molecule has 0 spiro atoms. The summed E-state index contributed by atoms with van der Waals surface area (Å²) >= 11 is 0. The molecule has 0 aliphatic heterocycles. The lowest BCUT2D eigenvalue weighted by Gasteiger charge is -2.36. The van der Waals surface area contributed by atoms with E-state index < -0.39 is 0 Å². The Morgan fingerprint density at radius 2 is 0.709 bits per heavy atom. The molecule has 0 fully saturated rings. The zero-order chi connectivity index (χ0) is 62.0. The number of furan rings is 2. The van der Waals surface area contributed by atoms with Gasteiger partial charge in [-0.2, -0.15) is 0 Å². The van der Waals surface area contributed by atoms with Crippen LogP contribution < -0.4 is 9.80 Å². The van der Waals surface area contributed by atoms with Crippen LogP contribution in [0.3, 0.4) is 0 Å². The van der Waals surface area contributed by atoms with E-state index in [1.165, 1.54) is 65.7 Å². The maximum absolute atomic E-state index is 9.18. The number of nitrogens with zero attached hydrogens (tertiary/aromatic N) is 2. The van der Waals surface area contributed by atoms with Gasteiger partial charge >= 0.3 is 0 Å². The molecule has 14 aromatic rings. The van der Waals surface area contributed by atoms with Gasteiger partial charge in [0.25, 0.3) is 0 Å². The fourth-order valence-corrected chi connectivity index (χ4v) is 14.0. The minimum Gasteiger partial charge on any atom is -0.454 e. The summed E-state index contributed by atoms with van der Waals surface area (Å²) in [5.41, 5.74) is 15.5. The molecule has 0 saturated carbocycles. The van der Waals surface area contributed by atoms with Crippen molar-refractivity contribution in [2.24, 2.45) is 0 Å². The lowest BCUT2D eigenvalue weighted by Crippen LogP contribution is -2.21.